The fourth-order valence-corrected chi connectivity index (χ4v) is 3.67. The van der Waals surface area contributed by atoms with Crippen molar-refractivity contribution in [3.63, 3.8) is 0 Å². The van der Waals surface area contributed by atoms with E-state index in [0.717, 1.165) is 31.2 Å². The van der Waals surface area contributed by atoms with Crippen molar-refractivity contribution in [2.75, 3.05) is 21.3 Å². The van der Waals surface area contributed by atoms with Crippen LogP contribution in [0.15, 0.2) is 42.5 Å². The fraction of sp³-hybridized carbons (Fsp3) is 0.360. The summed E-state index contributed by atoms with van der Waals surface area (Å²) in [4.78, 5) is 25.1. The number of carbonyl (C=O) groups is 2. The summed E-state index contributed by atoms with van der Waals surface area (Å²) >= 11 is 0. The van der Waals surface area contributed by atoms with Gasteiger partial charge < -0.3 is 18.9 Å². The van der Waals surface area contributed by atoms with Crippen LogP contribution in [0.2, 0.25) is 0 Å². The first-order valence-electron chi connectivity index (χ1n) is 10.4. The third kappa shape index (κ3) is 5.66. The number of hydrogen-bond acceptors (Lipinski definition) is 6. The Labute approximate surface area is 182 Å². The van der Waals surface area contributed by atoms with E-state index in [1.807, 2.05) is 0 Å². The Morgan fingerprint density at radius 1 is 0.839 bits per heavy atom. The standard InChI is InChI=1S/C25H28O6/c1-28-19-11-12-20(23(16-19)29-2)21(26)13-9-17-10-14-22(24(15-17)30-3)31-25(27)18-7-5-4-6-8-18/h9-16,18H,4-8H2,1-3H3/b13-9+. The second-order valence-corrected chi connectivity index (χ2v) is 7.43. The predicted octanol–water partition coefficient (Wildman–Crippen LogP) is 5.09. The maximum absolute atomic E-state index is 12.6. The molecule has 2 aromatic carbocycles. The molecule has 31 heavy (non-hydrogen) atoms. The van der Waals surface area contributed by atoms with Crippen LogP contribution in [-0.2, 0) is 4.79 Å². The molecule has 0 aromatic heterocycles. The van der Waals surface area contributed by atoms with E-state index in [-0.39, 0.29) is 17.7 Å². The first kappa shape index (κ1) is 22.4. The Morgan fingerprint density at radius 2 is 1.58 bits per heavy atom. The maximum atomic E-state index is 12.6. The lowest BCUT2D eigenvalue weighted by molar-refractivity contribution is -0.140. The molecule has 0 saturated heterocycles. The van der Waals surface area contributed by atoms with E-state index in [0.29, 0.717) is 28.6 Å². The molecule has 1 aliphatic rings. The lowest BCUT2D eigenvalue weighted by Crippen LogP contribution is -2.22. The molecule has 1 saturated carbocycles. The summed E-state index contributed by atoms with van der Waals surface area (Å²) in [5.41, 5.74) is 1.18. The molecule has 164 valence electrons. The summed E-state index contributed by atoms with van der Waals surface area (Å²) < 4.78 is 21.5. The van der Waals surface area contributed by atoms with Crippen LogP contribution in [0.3, 0.4) is 0 Å². The highest BCUT2D eigenvalue weighted by atomic mass is 16.6. The Bertz CT molecular complexity index is 956. The zero-order chi connectivity index (χ0) is 22.2. The average molecular weight is 424 g/mol. The van der Waals surface area contributed by atoms with Crippen LogP contribution in [0, 0.1) is 5.92 Å². The topological polar surface area (TPSA) is 71.1 Å². The summed E-state index contributed by atoms with van der Waals surface area (Å²) in [5.74, 6) is 1.43. The Kier molecular flexibility index (Phi) is 7.70. The van der Waals surface area contributed by atoms with Gasteiger partial charge in [0.05, 0.1) is 32.8 Å². The van der Waals surface area contributed by atoms with E-state index in [4.69, 9.17) is 18.9 Å². The van der Waals surface area contributed by atoms with Gasteiger partial charge in [0.15, 0.2) is 17.3 Å². The fourth-order valence-electron chi connectivity index (χ4n) is 3.67. The molecule has 0 heterocycles. The molecular formula is C25H28O6. The first-order valence-corrected chi connectivity index (χ1v) is 10.4. The molecule has 0 bridgehead atoms. The zero-order valence-corrected chi connectivity index (χ0v) is 18.2. The monoisotopic (exact) mass is 424 g/mol. The lowest BCUT2D eigenvalue weighted by Gasteiger charge is -2.20. The highest BCUT2D eigenvalue weighted by Gasteiger charge is 2.24. The van der Waals surface area contributed by atoms with Gasteiger partial charge in [-0.2, -0.15) is 0 Å². The van der Waals surface area contributed by atoms with E-state index in [9.17, 15) is 9.59 Å². The number of esters is 1. The van der Waals surface area contributed by atoms with Crippen molar-refractivity contribution < 1.29 is 28.5 Å². The highest BCUT2D eigenvalue weighted by molar-refractivity contribution is 6.08. The normalized spacial score (nSPS) is 14.3. The molecule has 6 nitrogen and oxygen atoms in total. The minimum atomic E-state index is -0.205. The number of ketones is 1. The SMILES string of the molecule is COc1ccc(C(=O)/C=C/c2ccc(OC(=O)C3CCCCC3)c(OC)c2)c(OC)c1. The molecule has 0 unspecified atom stereocenters. The van der Waals surface area contributed by atoms with Crippen LogP contribution < -0.4 is 18.9 Å². The van der Waals surface area contributed by atoms with Crippen LogP contribution in [0.4, 0.5) is 0 Å². The van der Waals surface area contributed by atoms with Crippen LogP contribution in [0.1, 0.15) is 48.0 Å². The maximum Gasteiger partial charge on any atom is 0.314 e. The zero-order valence-electron chi connectivity index (χ0n) is 18.2. The number of methoxy groups -OCH3 is 3. The van der Waals surface area contributed by atoms with Crippen molar-refractivity contribution >= 4 is 17.8 Å². The number of rotatable bonds is 8. The Hall–Kier alpha value is -3.28. The second-order valence-electron chi connectivity index (χ2n) is 7.43. The molecule has 6 heteroatoms. The average Bonchev–Trinajstić information content (AvgIpc) is 2.83. The quantitative estimate of drug-likeness (QED) is 0.254. The molecule has 1 aliphatic carbocycles. The van der Waals surface area contributed by atoms with Gasteiger partial charge in [0.2, 0.25) is 0 Å². The number of hydrogen-bond donors (Lipinski definition) is 0. The summed E-state index contributed by atoms with van der Waals surface area (Å²) in [6.45, 7) is 0. The van der Waals surface area contributed by atoms with Gasteiger partial charge >= 0.3 is 5.97 Å². The van der Waals surface area contributed by atoms with E-state index in [1.165, 1.54) is 26.7 Å². The molecule has 0 radical (unpaired) electrons. The molecule has 0 aliphatic heterocycles. The highest BCUT2D eigenvalue weighted by Crippen LogP contribution is 2.32. The summed E-state index contributed by atoms with van der Waals surface area (Å²) in [6, 6.07) is 10.2. The molecule has 0 N–H and O–H groups in total. The summed E-state index contributed by atoms with van der Waals surface area (Å²) in [5, 5.41) is 0. The van der Waals surface area contributed by atoms with Crippen molar-refractivity contribution in [1.29, 1.82) is 0 Å². The van der Waals surface area contributed by atoms with Gasteiger partial charge in [0.1, 0.15) is 11.5 Å². The molecule has 3 rings (SSSR count). The van der Waals surface area contributed by atoms with Crippen molar-refractivity contribution in [3.8, 4) is 23.0 Å². The molecule has 0 spiro atoms. The summed E-state index contributed by atoms with van der Waals surface area (Å²) in [7, 11) is 4.58. The Balaban J connectivity index is 1.72. The van der Waals surface area contributed by atoms with Crippen LogP contribution in [-0.4, -0.2) is 33.1 Å². The molecular weight excluding hydrogens is 396 g/mol. The molecule has 0 atom stereocenters. The van der Waals surface area contributed by atoms with E-state index in [1.54, 1.807) is 49.6 Å². The smallest absolute Gasteiger partial charge is 0.314 e. The van der Waals surface area contributed by atoms with E-state index < -0.39 is 0 Å². The van der Waals surface area contributed by atoms with Crippen molar-refractivity contribution in [2.45, 2.75) is 32.1 Å². The van der Waals surface area contributed by atoms with Gasteiger partial charge in [-0.05, 0) is 48.7 Å². The minimum Gasteiger partial charge on any atom is -0.497 e. The molecule has 1 fully saturated rings. The Morgan fingerprint density at radius 3 is 2.26 bits per heavy atom. The summed E-state index contributed by atoms with van der Waals surface area (Å²) in [6.07, 6.45) is 8.20. The third-order valence-corrected chi connectivity index (χ3v) is 5.44. The predicted molar refractivity (Wildman–Crippen MR) is 118 cm³/mol. The van der Waals surface area contributed by atoms with E-state index in [2.05, 4.69) is 0 Å². The van der Waals surface area contributed by atoms with Gasteiger partial charge in [0.25, 0.3) is 0 Å². The van der Waals surface area contributed by atoms with Gasteiger partial charge in [-0.3, -0.25) is 9.59 Å². The van der Waals surface area contributed by atoms with Crippen LogP contribution in [0.25, 0.3) is 6.08 Å². The van der Waals surface area contributed by atoms with Crippen LogP contribution >= 0.6 is 0 Å². The van der Waals surface area contributed by atoms with Crippen molar-refractivity contribution in [3.05, 3.63) is 53.6 Å². The van der Waals surface area contributed by atoms with Gasteiger partial charge in [0, 0.05) is 6.07 Å². The third-order valence-electron chi connectivity index (χ3n) is 5.44. The number of carbonyl (C=O) groups excluding carboxylic acids is 2. The number of benzene rings is 2. The van der Waals surface area contributed by atoms with Gasteiger partial charge in [-0.15, -0.1) is 0 Å². The van der Waals surface area contributed by atoms with E-state index >= 15 is 0 Å². The lowest BCUT2D eigenvalue weighted by atomic mass is 9.89. The molecule has 0 amide bonds. The minimum absolute atomic E-state index is 0.0462. The second kappa shape index (κ2) is 10.7. The van der Waals surface area contributed by atoms with Crippen molar-refractivity contribution in [1.82, 2.24) is 0 Å². The first-order chi connectivity index (χ1) is 15.0. The molecule has 2 aromatic rings. The van der Waals surface area contributed by atoms with Crippen LogP contribution in [0.5, 0.6) is 23.0 Å². The van der Waals surface area contributed by atoms with Gasteiger partial charge in [-0.1, -0.05) is 31.4 Å². The number of allylic oxidation sites excluding steroid dienone is 1. The van der Waals surface area contributed by atoms with Gasteiger partial charge in [-0.25, -0.2) is 0 Å². The largest absolute Gasteiger partial charge is 0.497 e. The van der Waals surface area contributed by atoms with Crippen molar-refractivity contribution in [2.24, 2.45) is 5.92 Å². The number of ether oxygens (including phenoxy) is 4.